The van der Waals surface area contributed by atoms with Crippen molar-refractivity contribution in [1.82, 2.24) is 0 Å². The molecule has 0 aromatic carbocycles. The predicted octanol–water partition coefficient (Wildman–Crippen LogP) is 6.98. The fourth-order valence-electron chi connectivity index (χ4n) is 2.40. The molecule has 4 nitrogen and oxygen atoms in total. The molecular formula is C18H15F17O4. The Kier molecular flexibility index (Phi) is 9.50. The molecule has 0 amide bonds. The molecule has 0 saturated heterocycles. The molecule has 21 heteroatoms. The minimum absolute atomic E-state index is 0.0114. The number of carbonyl (C=O) groups is 2. The Morgan fingerprint density at radius 2 is 0.949 bits per heavy atom. The maximum Gasteiger partial charge on any atom is 0.460 e. The third-order valence-electron chi connectivity index (χ3n) is 4.82. The van der Waals surface area contributed by atoms with Crippen LogP contribution in [0, 0.1) is 5.41 Å². The monoisotopic (exact) mass is 618 g/mol. The average Bonchev–Trinajstić information content (AvgIpc) is 2.69. The Balaban J connectivity index is 6.73. The van der Waals surface area contributed by atoms with Crippen LogP contribution in [0.4, 0.5) is 74.6 Å². The summed E-state index contributed by atoms with van der Waals surface area (Å²) in [5, 5.41) is 8.34. The molecular weight excluding hydrogens is 603 g/mol. The number of hydrogen-bond donors (Lipinski definition) is 1. The molecule has 0 bridgehead atoms. The van der Waals surface area contributed by atoms with E-state index in [1.165, 1.54) is 0 Å². The van der Waals surface area contributed by atoms with Gasteiger partial charge in [-0.25, -0.2) is 9.59 Å². The van der Waals surface area contributed by atoms with Gasteiger partial charge in [-0.05, 0) is 5.41 Å². The van der Waals surface area contributed by atoms with Crippen LogP contribution in [0.25, 0.3) is 0 Å². The summed E-state index contributed by atoms with van der Waals surface area (Å²) in [6, 6.07) is 0. The smallest absolute Gasteiger partial charge is 0.460 e. The van der Waals surface area contributed by atoms with Crippen molar-refractivity contribution in [2.75, 3.05) is 0 Å². The van der Waals surface area contributed by atoms with E-state index in [2.05, 4.69) is 4.74 Å². The van der Waals surface area contributed by atoms with E-state index in [9.17, 15) is 84.2 Å². The summed E-state index contributed by atoms with van der Waals surface area (Å²) in [5.41, 5.74) is -2.05. The number of ether oxygens (including phenoxy) is 1. The van der Waals surface area contributed by atoms with Gasteiger partial charge in [-0.15, -0.1) is 0 Å². The Morgan fingerprint density at radius 3 is 1.26 bits per heavy atom. The molecule has 0 aromatic heterocycles. The maximum absolute atomic E-state index is 14.3. The quantitative estimate of drug-likeness (QED) is 0.154. The molecule has 0 rings (SSSR count). The van der Waals surface area contributed by atoms with Gasteiger partial charge >= 0.3 is 59.6 Å². The summed E-state index contributed by atoms with van der Waals surface area (Å²) in [5.74, 6) is -61.3. The molecule has 0 aliphatic rings. The van der Waals surface area contributed by atoms with Crippen molar-refractivity contribution in [3.63, 3.8) is 0 Å². The Hall–Kier alpha value is -2.51. The first kappa shape index (κ1) is 36.5. The number of halogens is 17. The van der Waals surface area contributed by atoms with E-state index in [0.29, 0.717) is 0 Å². The molecule has 0 aliphatic heterocycles. The van der Waals surface area contributed by atoms with Crippen molar-refractivity contribution in [1.29, 1.82) is 0 Å². The van der Waals surface area contributed by atoms with Crippen LogP contribution in [-0.4, -0.2) is 70.8 Å². The van der Waals surface area contributed by atoms with E-state index in [1.807, 2.05) is 0 Å². The largest absolute Gasteiger partial charge is 0.478 e. The number of esters is 1. The second kappa shape index (κ2) is 10.2. The Morgan fingerprint density at radius 1 is 0.615 bits per heavy atom. The van der Waals surface area contributed by atoms with Crippen molar-refractivity contribution >= 4 is 11.9 Å². The van der Waals surface area contributed by atoms with Crippen molar-refractivity contribution < 1.29 is 94.1 Å². The minimum atomic E-state index is -8.75. The zero-order chi connectivity index (χ0) is 32.1. The van der Waals surface area contributed by atoms with E-state index in [0.717, 1.165) is 20.8 Å². The van der Waals surface area contributed by atoms with E-state index >= 15 is 0 Å². The Bertz CT molecular complexity index is 944. The highest BCUT2D eigenvalue weighted by Crippen LogP contribution is 2.64. The first-order chi connectivity index (χ1) is 16.7. The van der Waals surface area contributed by atoms with E-state index in [4.69, 9.17) is 5.11 Å². The summed E-state index contributed by atoms with van der Waals surface area (Å²) in [6.45, 7) is 2.25. The SMILES string of the molecule is CC(C)(C)C(CC(F)(F)C(F)(F)C(F)(F)C(F)(F)C(F)(F)C(F)(F)C(F)(F)C(F)(F)F)OC(=O)/C=C/C(=O)O. The summed E-state index contributed by atoms with van der Waals surface area (Å²) in [7, 11) is 0. The number of aliphatic carboxylic acids is 1. The normalized spacial score (nSPS) is 16.4. The Labute approximate surface area is 205 Å². The molecule has 0 radical (unpaired) electrons. The third kappa shape index (κ3) is 6.14. The molecule has 230 valence electrons. The van der Waals surface area contributed by atoms with Crippen LogP contribution in [-0.2, 0) is 14.3 Å². The first-order valence-corrected chi connectivity index (χ1v) is 9.50. The van der Waals surface area contributed by atoms with Gasteiger partial charge < -0.3 is 9.84 Å². The zero-order valence-corrected chi connectivity index (χ0v) is 19.0. The summed E-state index contributed by atoms with van der Waals surface area (Å²) in [6.07, 6.45) is -13.7. The van der Waals surface area contributed by atoms with Crippen LogP contribution >= 0.6 is 0 Å². The van der Waals surface area contributed by atoms with E-state index in [-0.39, 0.29) is 12.2 Å². The first-order valence-electron chi connectivity index (χ1n) is 9.50. The number of rotatable bonds is 11. The van der Waals surface area contributed by atoms with Crippen molar-refractivity contribution in [3.8, 4) is 0 Å². The number of carbonyl (C=O) groups excluding carboxylic acids is 1. The molecule has 0 saturated carbocycles. The fraction of sp³-hybridized carbons (Fsp3) is 0.778. The average molecular weight is 618 g/mol. The highest BCUT2D eigenvalue weighted by atomic mass is 19.4. The topological polar surface area (TPSA) is 63.6 Å². The molecule has 1 atom stereocenters. The van der Waals surface area contributed by atoms with Crippen LogP contribution in [0.15, 0.2) is 12.2 Å². The molecule has 0 aliphatic carbocycles. The van der Waals surface area contributed by atoms with Gasteiger partial charge in [0.2, 0.25) is 0 Å². The van der Waals surface area contributed by atoms with Gasteiger partial charge in [-0.2, -0.15) is 74.6 Å². The van der Waals surface area contributed by atoms with Crippen molar-refractivity contribution in [2.24, 2.45) is 5.41 Å². The zero-order valence-electron chi connectivity index (χ0n) is 19.0. The summed E-state index contributed by atoms with van der Waals surface area (Å²) < 4.78 is 232. The highest BCUT2D eigenvalue weighted by molar-refractivity contribution is 5.90. The van der Waals surface area contributed by atoms with Crippen LogP contribution < -0.4 is 0 Å². The van der Waals surface area contributed by atoms with Gasteiger partial charge in [0.05, 0.1) is 6.42 Å². The van der Waals surface area contributed by atoms with Gasteiger partial charge in [0.25, 0.3) is 0 Å². The number of carboxylic acids is 1. The van der Waals surface area contributed by atoms with Crippen molar-refractivity contribution in [2.45, 2.75) is 80.9 Å². The molecule has 0 heterocycles. The molecule has 0 spiro atoms. The highest BCUT2D eigenvalue weighted by Gasteiger charge is 2.95. The van der Waals surface area contributed by atoms with Crippen LogP contribution in [0.3, 0.4) is 0 Å². The summed E-state index contributed by atoms with van der Waals surface area (Å²) >= 11 is 0. The lowest BCUT2D eigenvalue weighted by atomic mass is 9.82. The van der Waals surface area contributed by atoms with Gasteiger partial charge in [0.15, 0.2) is 0 Å². The van der Waals surface area contributed by atoms with Gasteiger partial charge in [-0.3, -0.25) is 0 Å². The molecule has 1 unspecified atom stereocenters. The van der Waals surface area contributed by atoms with Gasteiger partial charge in [0.1, 0.15) is 6.10 Å². The van der Waals surface area contributed by atoms with Gasteiger partial charge in [-0.1, -0.05) is 20.8 Å². The lowest BCUT2D eigenvalue weighted by molar-refractivity contribution is -0.462. The molecule has 0 aromatic rings. The van der Waals surface area contributed by atoms with Crippen LogP contribution in [0.1, 0.15) is 27.2 Å². The molecule has 0 fully saturated rings. The van der Waals surface area contributed by atoms with Crippen molar-refractivity contribution in [3.05, 3.63) is 12.2 Å². The fourth-order valence-corrected chi connectivity index (χ4v) is 2.40. The minimum Gasteiger partial charge on any atom is -0.478 e. The van der Waals surface area contributed by atoms with Crippen LogP contribution in [0.2, 0.25) is 0 Å². The summed E-state index contributed by atoms with van der Waals surface area (Å²) in [4.78, 5) is 21.8. The second-order valence-corrected chi connectivity index (χ2v) is 8.82. The lowest BCUT2D eigenvalue weighted by Crippen LogP contribution is -2.74. The number of alkyl halides is 17. The number of carboxylic acid groups (broad SMARTS) is 1. The van der Waals surface area contributed by atoms with Gasteiger partial charge in [0, 0.05) is 12.2 Å². The maximum atomic E-state index is 14.3. The number of hydrogen-bond acceptors (Lipinski definition) is 3. The standard InChI is InChI=1S/C18H15F17O4/c1-10(2,3)7(39-9(38)5-4-8(36)37)6-11(19,20)12(21,22)13(23,24)14(25,26)15(27,28)16(29,30)17(31,32)18(33,34)35/h4-5,7H,6H2,1-3H3,(H,36,37)/b5-4+. The third-order valence-corrected chi connectivity index (χ3v) is 4.82. The lowest BCUT2D eigenvalue weighted by Gasteiger charge is -2.43. The van der Waals surface area contributed by atoms with E-state index < -0.39 is 77.5 Å². The second-order valence-electron chi connectivity index (χ2n) is 8.82. The predicted molar refractivity (Wildman–Crippen MR) is 91.4 cm³/mol. The van der Waals surface area contributed by atoms with Crippen LogP contribution in [0.5, 0.6) is 0 Å². The molecule has 39 heavy (non-hydrogen) atoms. The van der Waals surface area contributed by atoms with E-state index in [1.54, 1.807) is 0 Å². The molecule has 1 N–H and O–H groups in total.